The van der Waals surface area contributed by atoms with Gasteiger partial charge in [0.1, 0.15) is 0 Å². The number of ether oxygens (including phenoxy) is 1. The van der Waals surface area contributed by atoms with E-state index in [1.54, 1.807) is 13.3 Å². The Morgan fingerprint density at radius 1 is 1.32 bits per heavy atom. The zero-order valence-electron chi connectivity index (χ0n) is 10.8. The third kappa shape index (κ3) is 3.66. The number of hydrogen-bond acceptors (Lipinski definition) is 3. The fourth-order valence-corrected chi connectivity index (χ4v) is 1.74. The van der Waals surface area contributed by atoms with E-state index in [4.69, 9.17) is 4.74 Å². The maximum atomic E-state index is 11.8. The molecule has 0 radical (unpaired) electrons. The van der Waals surface area contributed by atoms with Gasteiger partial charge >= 0.3 is 0 Å². The van der Waals surface area contributed by atoms with Gasteiger partial charge in [0.2, 0.25) is 0 Å². The predicted octanol–water partition coefficient (Wildman–Crippen LogP) is 1.84. The summed E-state index contributed by atoms with van der Waals surface area (Å²) in [5.41, 5.74) is 2.70. The minimum atomic E-state index is -0.0603. The number of carbonyl (C=O) groups excluding carboxylic acids is 1. The second-order valence-electron chi connectivity index (χ2n) is 4.17. The lowest BCUT2D eigenvalue weighted by atomic mass is 10.1. The number of hydrogen-bond donors (Lipinski definition) is 2. The van der Waals surface area contributed by atoms with Crippen molar-refractivity contribution in [1.29, 1.82) is 0 Å². The van der Waals surface area contributed by atoms with E-state index in [2.05, 4.69) is 15.5 Å². The molecule has 100 valence electrons. The van der Waals surface area contributed by atoms with Gasteiger partial charge in [-0.1, -0.05) is 12.1 Å². The molecule has 2 rings (SSSR count). The third-order valence-corrected chi connectivity index (χ3v) is 2.79. The maximum absolute atomic E-state index is 11.8. The van der Waals surface area contributed by atoms with E-state index >= 15 is 0 Å². The summed E-state index contributed by atoms with van der Waals surface area (Å²) >= 11 is 0. The monoisotopic (exact) mass is 259 g/mol. The van der Waals surface area contributed by atoms with Crippen molar-refractivity contribution in [3.8, 4) is 11.1 Å². The summed E-state index contributed by atoms with van der Waals surface area (Å²) in [5.74, 6) is -0.0603. The Morgan fingerprint density at radius 2 is 2.11 bits per heavy atom. The Bertz CT molecular complexity index is 506. The van der Waals surface area contributed by atoms with Crippen LogP contribution in [0.5, 0.6) is 0 Å². The summed E-state index contributed by atoms with van der Waals surface area (Å²) in [7, 11) is 1.65. The van der Waals surface area contributed by atoms with Crippen LogP contribution in [0.25, 0.3) is 11.1 Å². The van der Waals surface area contributed by atoms with Gasteiger partial charge < -0.3 is 10.1 Å². The topological polar surface area (TPSA) is 67.0 Å². The molecule has 0 saturated heterocycles. The van der Waals surface area contributed by atoms with Gasteiger partial charge in [0, 0.05) is 37.6 Å². The zero-order chi connectivity index (χ0) is 13.5. The zero-order valence-corrected chi connectivity index (χ0v) is 10.8. The molecule has 5 heteroatoms. The van der Waals surface area contributed by atoms with Crippen LogP contribution in [0.2, 0.25) is 0 Å². The van der Waals surface area contributed by atoms with Gasteiger partial charge in [-0.2, -0.15) is 5.10 Å². The number of methoxy groups -OCH3 is 1. The molecule has 0 atom stereocenters. The summed E-state index contributed by atoms with van der Waals surface area (Å²) in [6.45, 7) is 1.27. The number of amides is 1. The second kappa shape index (κ2) is 6.70. The predicted molar refractivity (Wildman–Crippen MR) is 72.8 cm³/mol. The van der Waals surface area contributed by atoms with Crippen molar-refractivity contribution in [3.63, 3.8) is 0 Å². The molecular formula is C14H17N3O2. The van der Waals surface area contributed by atoms with Crippen molar-refractivity contribution >= 4 is 5.91 Å². The molecule has 1 aromatic heterocycles. The van der Waals surface area contributed by atoms with Crippen LogP contribution in [-0.4, -0.2) is 36.4 Å². The van der Waals surface area contributed by atoms with E-state index in [9.17, 15) is 4.79 Å². The molecule has 1 aromatic carbocycles. The molecule has 0 fully saturated rings. The van der Waals surface area contributed by atoms with Gasteiger partial charge in [-0.3, -0.25) is 9.89 Å². The smallest absolute Gasteiger partial charge is 0.251 e. The lowest BCUT2D eigenvalue weighted by molar-refractivity contribution is 0.0948. The Hall–Kier alpha value is -2.14. The Kier molecular flexibility index (Phi) is 4.69. The summed E-state index contributed by atoms with van der Waals surface area (Å²) in [4.78, 5) is 11.8. The summed E-state index contributed by atoms with van der Waals surface area (Å²) in [6, 6.07) is 7.45. The number of nitrogens with one attached hydrogen (secondary N) is 2. The second-order valence-corrected chi connectivity index (χ2v) is 4.17. The Labute approximate surface area is 112 Å². The number of aromatic amines is 1. The normalized spacial score (nSPS) is 10.4. The highest BCUT2D eigenvalue weighted by molar-refractivity contribution is 5.94. The van der Waals surface area contributed by atoms with Crippen LogP contribution in [0, 0.1) is 0 Å². The van der Waals surface area contributed by atoms with Crippen molar-refractivity contribution in [1.82, 2.24) is 15.5 Å². The first-order valence-corrected chi connectivity index (χ1v) is 6.17. The largest absolute Gasteiger partial charge is 0.385 e. The molecule has 5 nitrogen and oxygen atoms in total. The molecular weight excluding hydrogens is 242 g/mol. The van der Waals surface area contributed by atoms with Crippen molar-refractivity contribution in [2.45, 2.75) is 6.42 Å². The lowest BCUT2D eigenvalue weighted by Gasteiger charge is -2.05. The van der Waals surface area contributed by atoms with E-state index in [1.165, 1.54) is 0 Å². The summed E-state index contributed by atoms with van der Waals surface area (Å²) in [5, 5.41) is 9.51. The first kappa shape index (κ1) is 13.3. The summed E-state index contributed by atoms with van der Waals surface area (Å²) in [6.07, 6.45) is 4.38. The molecule has 0 unspecified atom stereocenters. The average molecular weight is 259 g/mol. The number of H-pyrrole nitrogens is 1. The number of aromatic nitrogens is 2. The van der Waals surface area contributed by atoms with Gasteiger partial charge in [0.25, 0.3) is 5.91 Å². The third-order valence-electron chi connectivity index (χ3n) is 2.79. The minimum Gasteiger partial charge on any atom is -0.385 e. The van der Waals surface area contributed by atoms with Crippen molar-refractivity contribution in [3.05, 3.63) is 42.2 Å². The lowest BCUT2D eigenvalue weighted by Crippen LogP contribution is -2.25. The van der Waals surface area contributed by atoms with Gasteiger partial charge in [0.15, 0.2) is 0 Å². The van der Waals surface area contributed by atoms with Crippen molar-refractivity contribution in [2.24, 2.45) is 0 Å². The van der Waals surface area contributed by atoms with E-state index in [0.29, 0.717) is 18.7 Å². The molecule has 0 aliphatic carbocycles. The van der Waals surface area contributed by atoms with Crippen LogP contribution in [0.3, 0.4) is 0 Å². The van der Waals surface area contributed by atoms with Crippen LogP contribution in [0.4, 0.5) is 0 Å². The van der Waals surface area contributed by atoms with Crippen molar-refractivity contribution in [2.75, 3.05) is 20.3 Å². The van der Waals surface area contributed by atoms with Crippen LogP contribution in [0.1, 0.15) is 16.8 Å². The van der Waals surface area contributed by atoms with Gasteiger partial charge in [0.05, 0.1) is 6.20 Å². The van der Waals surface area contributed by atoms with Gasteiger partial charge in [-0.25, -0.2) is 0 Å². The highest BCUT2D eigenvalue weighted by atomic mass is 16.5. The molecule has 0 saturated carbocycles. The van der Waals surface area contributed by atoms with E-state index in [1.807, 2.05) is 30.5 Å². The fraction of sp³-hybridized carbons (Fsp3) is 0.286. The quantitative estimate of drug-likeness (QED) is 0.778. The average Bonchev–Trinajstić information content (AvgIpc) is 2.98. The van der Waals surface area contributed by atoms with Crippen LogP contribution in [0.15, 0.2) is 36.7 Å². The Morgan fingerprint density at radius 3 is 2.74 bits per heavy atom. The maximum Gasteiger partial charge on any atom is 0.251 e. The van der Waals surface area contributed by atoms with Gasteiger partial charge in [-0.05, 0) is 24.1 Å². The van der Waals surface area contributed by atoms with Crippen LogP contribution >= 0.6 is 0 Å². The molecule has 2 aromatic rings. The molecule has 1 heterocycles. The van der Waals surface area contributed by atoms with Crippen LogP contribution in [-0.2, 0) is 4.74 Å². The molecule has 0 bridgehead atoms. The first-order valence-electron chi connectivity index (χ1n) is 6.17. The van der Waals surface area contributed by atoms with Crippen LogP contribution < -0.4 is 5.32 Å². The molecule has 2 N–H and O–H groups in total. The van der Waals surface area contributed by atoms with E-state index in [0.717, 1.165) is 17.5 Å². The highest BCUT2D eigenvalue weighted by Crippen LogP contribution is 2.17. The molecule has 0 aliphatic heterocycles. The standard InChI is InChI=1S/C14H17N3O2/c1-19-8-2-7-15-14(18)12-5-3-11(4-6-12)13-9-16-17-10-13/h3-6,9-10H,2,7-8H2,1H3,(H,15,18)(H,16,17). The number of nitrogens with zero attached hydrogens (tertiary/aromatic N) is 1. The van der Waals surface area contributed by atoms with E-state index in [-0.39, 0.29) is 5.91 Å². The Balaban J connectivity index is 1.93. The van der Waals surface area contributed by atoms with Crippen molar-refractivity contribution < 1.29 is 9.53 Å². The molecule has 0 spiro atoms. The number of rotatable bonds is 6. The first-order chi connectivity index (χ1) is 9.31. The number of carbonyl (C=O) groups is 1. The minimum absolute atomic E-state index is 0.0603. The molecule has 19 heavy (non-hydrogen) atoms. The molecule has 0 aliphatic rings. The van der Waals surface area contributed by atoms with Gasteiger partial charge in [-0.15, -0.1) is 0 Å². The fourth-order valence-electron chi connectivity index (χ4n) is 1.74. The molecule has 1 amide bonds. The number of benzene rings is 1. The summed E-state index contributed by atoms with van der Waals surface area (Å²) < 4.78 is 4.93. The SMILES string of the molecule is COCCCNC(=O)c1ccc(-c2cn[nH]c2)cc1. The highest BCUT2D eigenvalue weighted by Gasteiger charge is 2.05. The van der Waals surface area contributed by atoms with E-state index < -0.39 is 0 Å².